The Labute approximate surface area is 108 Å². The van der Waals surface area contributed by atoms with Crippen LogP contribution in [0.15, 0.2) is 6.20 Å². The average molecular weight is 252 g/mol. The van der Waals surface area contributed by atoms with Gasteiger partial charge in [0.05, 0.1) is 6.20 Å². The van der Waals surface area contributed by atoms with Crippen LogP contribution in [-0.4, -0.2) is 30.1 Å². The van der Waals surface area contributed by atoms with Crippen molar-refractivity contribution >= 4 is 11.8 Å². The fourth-order valence-corrected chi connectivity index (χ4v) is 2.34. The van der Waals surface area contributed by atoms with Gasteiger partial charge in [0.15, 0.2) is 11.6 Å². The van der Waals surface area contributed by atoms with Gasteiger partial charge in [-0.1, -0.05) is 13.8 Å². The lowest BCUT2D eigenvalue weighted by atomic mass is 9.85. The number of rotatable bonds is 2. The average Bonchev–Trinajstić information content (AvgIpc) is 2.51. The van der Waals surface area contributed by atoms with E-state index in [-0.39, 0.29) is 5.82 Å². The molecule has 1 N–H and O–H groups in total. The number of nitrogens with one attached hydrogen (secondary N) is 1. The van der Waals surface area contributed by atoms with Gasteiger partial charge in [-0.25, -0.2) is 9.37 Å². The molecule has 100 valence electrons. The van der Waals surface area contributed by atoms with E-state index in [1.165, 1.54) is 12.6 Å². The zero-order valence-electron chi connectivity index (χ0n) is 11.3. The minimum Gasteiger partial charge on any atom is -0.357 e. The standard InChI is InChI=1S/C13H21FN4/c1-13(2)5-4-7-18(8-6-13)11-10(14)9-16-12(15-3)17-11/h9H,4-8H2,1-3H3,(H,15,16,17). The zero-order valence-corrected chi connectivity index (χ0v) is 11.3. The Morgan fingerprint density at radius 2 is 2.11 bits per heavy atom. The third kappa shape index (κ3) is 2.89. The molecule has 1 saturated heterocycles. The van der Waals surface area contributed by atoms with Gasteiger partial charge >= 0.3 is 0 Å². The SMILES string of the molecule is CNc1ncc(F)c(N2CCCC(C)(C)CC2)n1. The van der Waals surface area contributed by atoms with Crippen molar-refractivity contribution in [1.82, 2.24) is 9.97 Å². The predicted octanol–water partition coefficient (Wildman–Crippen LogP) is 2.67. The molecule has 1 aromatic rings. The maximum Gasteiger partial charge on any atom is 0.224 e. The second-order valence-corrected chi connectivity index (χ2v) is 5.62. The highest BCUT2D eigenvalue weighted by Gasteiger charge is 2.25. The van der Waals surface area contributed by atoms with E-state index in [0.717, 1.165) is 25.9 Å². The normalized spacial score (nSPS) is 19.4. The summed E-state index contributed by atoms with van der Waals surface area (Å²) in [6.07, 6.45) is 4.55. The highest BCUT2D eigenvalue weighted by Crippen LogP contribution is 2.31. The Balaban J connectivity index is 2.20. The van der Waals surface area contributed by atoms with Gasteiger partial charge in [0, 0.05) is 20.1 Å². The van der Waals surface area contributed by atoms with E-state index in [9.17, 15) is 4.39 Å². The Hall–Kier alpha value is -1.39. The summed E-state index contributed by atoms with van der Waals surface area (Å²) in [5.41, 5.74) is 0.337. The van der Waals surface area contributed by atoms with Gasteiger partial charge in [0.2, 0.25) is 5.95 Å². The summed E-state index contributed by atoms with van der Waals surface area (Å²) >= 11 is 0. The molecular weight excluding hydrogens is 231 g/mol. The summed E-state index contributed by atoms with van der Waals surface area (Å²) in [5, 5.41) is 2.85. The first-order valence-corrected chi connectivity index (χ1v) is 6.47. The molecule has 1 aliphatic heterocycles. The third-order valence-corrected chi connectivity index (χ3v) is 3.59. The van der Waals surface area contributed by atoms with Crippen LogP contribution >= 0.6 is 0 Å². The number of hydrogen-bond acceptors (Lipinski definition) is 4. The van der Waals surface area contributed by atoms with Crippen molar-refractivity contribution in [3.8, 4) is 0 Å². The van der Waals surface area contributed by atoms with Crippen LogP contribution in [0.4, 0.5) is 16.2 Å². The van der Waals surface area contributed by atoms with Gasteiger partial charge in [0.25, 0.3) is 0 Å². The smallest absolute Gasteiger partial charge is 0.224 e. The molecule has 18 heavy (non-hydrogen) atoms. The number of halogens is 1. The molecule has 0 atom stereocenters. The number of hydrogen-bond donors (Lipinski definition) is 1. The number of anilines is 2. The molecule has 0 bridgehead atoms. The quantitative estimate of drug-likeness (QED) is 0.878. The van der Waals surface area contributed by atoms with Gasteiger partial charge < -0.3 is 10.2 Å². The molecule has 1 aliphatic rings. The molecule has 0 aromatic carbocycles. The van der Waals surface area contributed by atoms with Gasteiger partial charge in [-0.05, 0) is 24.7 Å². The fraction of sp³-hybridized carbons (Fsp3) is 0.692. The van der Waals surface area contributed by atoms with Crippen molar-refractivity contribution in [2.75, 3.05) is 30.4 Å². The Morgan fingerprint density at radius 1 is 1.33 bits per heavy atom. The summed E-state index contributed by atoms with van der Waals surface area (Å²) in [6, 6.07) is 0. The molecule has 1 aromatic heterocycles. The highest BCUT2D eigenvalue weighted by atomic mass is 19.1. The van der Waals surface area contributed by atoms with Crippen LogP contribution in [0, 0.1) is 11.2 Å². The van der Waals surface area contributed by atoms with E-state index in [1.807, 2.05) is 4.90 Å². The first kappa shape index (κ1) is 13.1. The summed E-state index contributed by atoms with van der Waals surface area (Å²) < 4.78 is 13.8. The second kappa shape index (κ2) is 5.08. The first-order valence-electron chi connectivity index (χ1n) is 6.47. The Kier molecular flexibility index (Phi) is 3.68. The number of aromatic nitrogens is 2. The van der Waals surface area contributed by atoms with Crippen molar-refractivity contribution in [1.29, 1.82) is 0 Å². The third-order valence-electron chi connectivity index (χ3n) is 3.59. The van der Waals surface area contributed by atoms with Gasteiger partial charge in [0.1, 0.15) is 0 Å². The van der Waals surface area contributed by atoms with E-state index in [4.69, 9.17) is 0 Å². The Morgan fingerprint density at radius 3 is 2.83 bits per heavy atom. The summed E-state index contributed by atoms with van der Waals surface area (Å²) in [4.78, 5) is 10.1. The maximum absolute atomic E-state index is 13.8. The van der Waals surface area contributed by atoms with Gasteiger partial charge in [-0.2, -0.15) is 4.98 Å². The van der Waals surface area contributed by atoms with Crippen molar-refractivity contribution < 1.29 is 4.39 Å². The lowest BCUT2D eigenvalue weighted by Crippen LogP contribution is -2.27. The van der Waals surface area contributed by atoms with Crippen LogP contribution in [0.5, 0.6) is 0 Å². The molecule has 0 aliphatic carbocycles. The second-order valence-electron chi connectivity index (χ2n) is 5.62. The van der Waals surface area contributed by atoms with Crippen molar-refractivity contribution in [2.24, 2.45) is 5.41 Å². The molecule has 1 fully saturated rings. The minimum absolute atomic E-state index is 0.337. The molecule has 2 rings (SSSR count). The van der Waals surface area contributed by atoms with E-state index in [2.05, 4.69) is 29.1 Å². The molecule has 0 spiro atoms. The van der Waals surface area contributed by atoms with Crippen LogP contribution in [-0.2, 0) is 0 Å². The van der Waals surface area contributed by atoms with E-state index in [1.54, 1.807) is 7.05 Å². The maximum atomic E-state index is 13.8. The molecule has 5 heteroatoms. The van der Waals surface area contributed by atoms with Crippen LogP contribution < -0.4 is 10.2 Å². The molecule has 4 nitrogen and oxygen atoms in total. The van der Waals surface area contributed by atoms with Crippen molar-refractivity contribution in [3.63, 3.8) is 0 Å². The lowest BCUT2D eigenvalue weighted by molar-refractivity contribution is 0.325. The lowest BCUT2D eigenvalue weighted by Gasteiger charge is -2.24. The first-order chi connectivity index (χ1) is 8.52. The van der Waals surface area contributed by atoms with Gasteiger partial charge in [-0.3, -0.25) is 0 Å². The topological polar surface area (TPSA) is 41.1 Å². The largest absolute Gasteiger partial charge is 0.357 e. The van der Waals surface area contributed by atoms with E-state index >= 15 is 0 Å². The zero-order chi connectivity index (χ0) is 13.2. The predicted molar refractivity (Wildman–Crippen MR) is 71.4 cm³/mol. The highest BCUT2D eigenvalue weighted by molar-refractivity contribution is 5.43. The molecule has 0 saturated carbocycles. The summed E-state index contributed by atoms with van der Waals surface area (Å²) in [6.45, 7) is 6.25. The fourth-order valence-electron chi connectivity index (χ4n) is 2.34. The van der Waals surface area contributed by atoms with Crippen LogP contribution in [0.25, 0.3) is 0 Å². The van der Waals surface area contributed by atoms with Crippen molar-refractivity contribution in [3.05, 3.63) is 12.0 Å². The monoisotopic (exact) mass is 252 g/mol. The summed E-state index contributed by atoms with van der Waals surface area (Å²) in [7, 11) is 1.74. The van der Waals surface area contributed by atoms with Crippen molar-refractivity contribution in [2.45, 2.75) is 33.1 Å². The number of nitrogens with zero attached hydrogens (tertiary/aromatic N) is 3. The minimum atomic E-state index is -0.339. The van der Waals surface area contributed by atoms with E-state index in [0.29, 0.717) is 17.2 Å². The molecule has 2 heterocycles. The van der Waals surface area contributed by atoms with Gasteiger partial charge in [-0.15, -0.1) is 0 Å². The van der Waals surface area contributed by atoms with Crippen LogP contribution in [0.3, 0.4) is 0 Å². The van der Waals surface area contributed by atoms with Crippen LogP contribution in [0.2, 0.25) is 0 Å². The Bertz CT molecular complexity index is 419. The summed E-state index contributed by atoms with van der Waals surface area (Å²) in [5.74, 6) is 0.552. The molecule has 0 unspecified atom stereocenters. The van der Waals surface area contributed by atoms with E-state index < -0.39 is 0 Å². The molecular formula is C13H21FN4. The molecule has 0 amide bonds. The molecule has 0 radical (unpaired) electrons. The van der Waals surface area contributed by atoms with Crippen LogP contribution in [0.1, 0.15) is 33.1 Å².